The van der Waals surface area contributed by atoms with E-state index in [-0.39, 0.29) is 5.91 Å². The fourth-order valence-corrected chi connectivity index (χ4v) is 1.15. The third-order valence-corrected chi connectivity index (χ3v) is 2.13. The van der Waals surface area contributed by atoms with Gasteiger partial charge in [-0.25, -0.2) is 15.0 Å². The highest BCUT2D eigenvalue weighted by Crippen LogP contribution is 2.19. The van der Waals surface area contributed by atoms with E-state index in [1.54, 1.807) is 0 Å². The number of fused-ring (bicyclic) bond motifs is 1. The molecule has 0 saturated carbocycles. The number of hydrogen-bond donors (Lipinski definition) is 2. The summed E-state index contributed by atoms with van der Waals surface area (Å²) >= 11 is 0. The third-order valence-electron chi connectivity index (χ3n) is 2.13. The summed E-state index contributed by atoms with van der Waals surface area (Å²) in [5.41, 5.74) is 0.715. The van der Waals surface area contributed by atoms with Crippen molar-refractivity contribution in [2.75, 3.05) is 5.32 Å². The molecule has 1 amide bonds. The molecule has 6 nitrogen and oxygen atoms in total. The second-order valence-corrected chi connectivity index (χ2v) is 4.53. The first-order valence-corrected chi connectivity index (χ1v) is 4.94. The van der Waals surface area contributed by atoms with Gasteiger partial charge in [-0.1, -0.05) is 20.8 Å². The Bertz CT molecular complexity index is 525. The molecule has 2 heterocycles. The van der Waals surface area contributed by atoms with Crippen LogP contribution in [-0.4, -0.2) is 25.8 Å². The average molecular weight is 219 g/mol. The second-order valence-electron chi connectivity index (χ2n) is 4.53. The van der Waals surface area contributed by atoms with Gasteiger partial charge in [0, 0.05) is 5.41 Å². The van der Waals surface area contributed by atoms with Gasteiger partial charge < -0.3 is 10.3 Å². The quantitative estimate of drug-likeness (QED) is 0.758. The Hall–Kier alpha value is -1.98. The van der Waals surface area contributed by atoms with Crippen LogP contribution in [0, 0.1) is 5.41 Å². The lowest BCUT2D eigenvalue weighted by atomic mass is 9.96. The molecule has 0 bridgehead atoms. The van der Waals surface area contributed by atoms with Crippen molar-refractivity contribution in [3.05, 3.63) is 12.7 Å². The highest BCUT2D eigenvalue weighted by atomic mass is 16.2. The van der Waals surface area contributed by atoms with Crippen LogP contribution in [0.2, 0.25) is 0 Å². The number of H-pyrrole nitrogens is 1. The lowest BCUT2D eigenvalue weighted by Gasteiger charge is -2.16. The molecule has 0 radical (unpaired) electrons. The minimum absolute atomic E-state index is 0.101. The molecule has 0 aliphatic heterocycles. The Labute approximate surface area is 92.5 Å². The Morgan fingerprint density at radius 1 is 1.31 bits per heavy atom. The lowest BCUT2D eigenvalue weighted by molar-refractivity contribution is -0.123. The van der Waals surface area contributed by atoms with Crippen LogP contribution in [0.5, 0.6) is 0 Å². The smallest absolute Gasteiger partial charge is 0.230 e. The van der Waals surface area contributed by atoms with Crippen LogP contribution in [0.15, 0.2) is 12.7 Å². The van der Waals surface area contributed by atoms with E-state index in [2.05, 4.69) is 25.3 Å². The van der Waals surface area contributed by atoms with Crippen LogP contribution in [0.25, 0.3) is 11.2 Å². The molecule has 0 fully saturated rings. The minimum atomic E-state index is -0.465. The van der Waals surface area contributed by atoms with E-state index in [0.29, 0.717) is 17.0 Å². The number of carbonyl (C=O) groups is 1. The normalized spacial score (nSPS) is 11.7. The first kappa shape index (κ1) is 10.5. The predicted molar refractivity (Wildman–Crippen MR) is 59.8 cm³/mol. The molecule has 0 atom stereocenters. The van der Waals surface area contributed by atoms with Gasteiger partial charge in [-0.05, 0) is 0 Å². The molecule has 0 unspecified atom stereocenters. The Morgan fingerprint density at radius 3 is 2.75 bits per heavy atom. The predicted octanol–water partition coefficient (Wildman–Crippen LogP) is 1.34. The van der Waals surface area contributed by atoms with E-state index in [9.17, 15) is 4.79 Å². The number of amides is 1. The molecular formula is C10H13N5O. The van der Waals surface area contributed by atoms with Crippen molar-refractivity contribution in [2.45, 2.75) is 20.8 Å². The summed E-state index contributed by atoms with van der Waals surface area (Å²) in [5, 5.41) is 2.74. The van der Waals surface area contributed by atoms with Gasteiger partial charge in [-0.15, -0.1) is 0 Å². The van der Waals surface area contributed by atoms with Crippen molar-refractivity contribution >= 4 is 22.9 Å². The molecular weight excluding hydrogens is 206 g/mol. The highest BCUT2D eigenvalue weighted by molar-refractivity contribution is 5.99. The summed E-state index contributed by atoms with van der Waals surface area (Å²) in [6.07, 6.45) is 2.91. The van der Waals surface area contributed by atoms with Crippen LogP contribution >= 0.6 is 0 Å². The van der Waals surface area contributed by atoms with Gasteiger partial charge in [0.2, 0.25) is 5.91 Å². The summed E-state index contributed by atoms with van der Waals surface area (Å²) < 4.78 is 0. The molecule has 2 N–H and O–H groups in total. The largest absolute Gasteiger partial charge is 0.329 e. The van der Waals surface area contributed by atoms with Crippen molar-refractivity contribution in [1.82, 2.24) is 19.9 Å². The van der Waals surface area contributed by atoms with Crippen LogP contribution in [0.4, 0.5) is 5.82 Å². The van der Waals surface area contributed by atoms with Gasteiger partial charge in [0.15, 0.2) is 17.0 Å². The Morgan fingerprint density at radius 2 is 2.06 bits per heavy atom. The molecule has 0 aromatic carbocycles. The molecule has 0 aliphatic rings. The van der Waals surface area contributed by atoms with Gasteiger partial charge in [0.05, 0.1) is 6.33 Å². The van der Waals surface area contributed by atoms with Crippen molar-refractivity contribution in [1.29, 1.82) is 0 Å². The topological polar surface area (TPSA) is 83.6 Å². The standard InChI is InChI=1S/C10H13N5O/c1-10(2,3)9(16)15-8-6-7(12-4-11-6)13-5-14-8/h4-5H,1-3H3,(H2,11,12,13,14,15,16). The zero-order chi connectivity index (χ0) is 11.8. The van der Waals surface area contributed by atoms with Crippen molar-refractivity contribution in [2.24, 2.45) is 5.41 Å². The SMILES string of the molecule is CC(C)(C)C(=O)Nc1ncnc2[nH]cnc12. The van der Waals surface area contributed by atoms with Crippen molar-refractivity contribution < 1.29 is 4.79 Å². The molecule has 2 aromatic rings. The minimum Gasteiger partial charge on any atom is -0.329 e. The molecule has 84 valence electrons. The molecule has 16 heavy (non-hydrogen) atoms. The number of carbonyl (C=O) groups excluding carboxylic acids is 1. The van der Waals surface area contributed by atoms with Crippen LogP contribution < -0.4 is 5.32 Å². The number of hydrogen-bond acceptors (Lipinski definition) is 4. The molecule has 2 rings (SSSR count). The Balaban J connectivity index is 2.35. The maximum atomic E-state index is 11.8. The van der Waals surface area contributed by atoms with E-state index < -0.39 is 5.41 Å². The highest BCUT2D eigenvalue weighted by Gasteiger charge is 2.22. The van der Waals surface area contributed by atoms with E-state index >= 15 is 0 Å². The summed E-state index contributed by atoms with van der Waals surface area (Å²) in [6, 6.07) is 0. The van der Waals surface area contributed by atoms with Gasteiger partial charge in [0.1, 0.15) is 6.33 Å². The molecule has 2 aromatic heterocycles. The number of anilines is 1. The monoisotopic (exact) mass is 219 g/mol. The van der Waals surface area contributed by atoms with Gasteiger partial charge in [0.25, 0.3) is 0 Å². The number of nitrogens with zero attached hydrogens (tertiary/aromatic N) is 3. The van der Waals surface area contributed by atoms with E-state index in [1.165, 1.54) is 12.7 Å². The molecule has 0 saturated heterocycles. The Kier molecular flexibility index (Phi) is 2.34. The summed E-state index contributed by atoms with van der Waals surface area (Å²) in [5.74, 6) is 0.335. The van der Waals surface area contributed by atoms with Gasteiger partial charge >= 0.3 is 0 Å². The van der Waals surface area contributed by atoms with Gasteiger partial charge in [-0.3, -0.25) is 4.79 Å². The fourth-order valence-electron chi connectivity index (χ4n) is 1.15. The number of aromatic amines is 1. The summed E-state index contributed by atoms with van der Waals surface area (Å²) in [6.45, 7) is 5.52. The summed E-state index contributed by atoms with van der Waals surface area (Å²) in [7, 11) is 0. The maximum Gasteiger partial charge on any atom is 0.230 e. The van der Waals surface area contributed by atoms with Crippen LogP contribution in [-0.2, 0) is 4.79 Å². The fraction of sp³-hybridized carbons (Fsp3) is 0.400. The average Bonchev–Trinajstić information content (AvgIpc) is 2.65. The summed E-state index contributed by atoms with van der Waals surface area (Å²) in [4.78, 5) is 26.7. The lowest BCUT2D eigenvalue weighted by Crippen LogP contribution is -2.28. The zero-order valence-electron chi connectivity index (χ0n) is 9.40. The van der Waals surface area contributed by atoms with Crippen LogP contribution in [0.1, 0.15) is 20.8 Å². The zero-order valence-corrected chi connectivity index (χ0v) is 9.40. The molecule has 0 spiro atoms. The molecule has 0 aliphatic carbocycles. The van der Waals surface area contributed by atoms with E-state index in [4.69, 9.17) is 0 Å². The number of aromatic nitrogens is 4. The number of nitrogens with one attached hydrogen (secondary N) is 2. The van der Waals surface area contributed by atoms with Crippen molar-refractivity contribution in [3.8, 4) is 0 Å². The number of rotatable bonds is 1. The first-order chi connectivity index (χ1) is 7.48. The van der Waals surface area contributed by atoms with E-state index in [0.717, 1.165) is 0 Å². The first-order valence-electron chi connectivity index (χ1n) is 4.94. The van der Waals surface area contributed by atoms with Gasteiger partial charge in [-0.2, -0.15) is 0 Å². The maximum absolute atomic E-state index is 11.8. The van der Waals surface area contributed by atoms with Crippen molar-refractivity contribution in [3.63, 3.8) is 0 Å². The van der Waals surface area contributed by atoms with Crippen LogP contribution in [0.3, 0.4) is 0 Å². The molecule has 6 heteroatoms. The number of imidazole rings is 1. The second kappa shape index (κ2) is 3.55. The van der Waals surface area contributed by atoms with E-state index in [1.807, 2.05) is 20.8 Å². The third kappa shape index (κ3) is 1.86.